The van der Waals surface area contributed by atoms with E-state index in [4.69, 9.17) is 0 Å². The van der Waals surface area contributed by atoms with E-state index < -0.39 is 10.0 Å². The molecule has 2 aromatic rings. The fourth-order valence-electron chi connectivity index (χ4n) is 3.21. The Morgan fingerprint density at radius 3 is 2.79 bits per heavy atom. The maximum absolute atomic E-state index is 12.9. The zero-order valence-corrected chi connectivity index (χ0v) is 18.2. The number of likely N-dealkylation sites (N-methyl/N-ethyl adjacent to an activating group) is 1. The largest absolute Gasteiger partial charge is 0.355 e. The molecule has 1 aromatic carbocycles. The Bertz CT molecular complexity index is 1010. The topological polar surface area (TPSA) is 95.6 Å². The Kier molecular flexibility index (Phi) is 6.71. The van der Waals surface area contributed by atoms with Crippen LogP contribution in [0.25, 0.3) is 0 Å². The molecule has 3 rings (SSSR count). The molecule has 9 heteroatoms. The van der Waals surface area contributed by atoms with Crippen LogP contribution in [-0.4, -0.2) is 44.7 Å². The molecule has 0 fully saturated rings. The molecular weight excluding hydrogens is 410 g/mol. The number of nitrogens with zero attached hydrogens (tertiary/aromatic N) is 1. The van der Waals surface area contributed by atoms with Crippen LogP contribution < -0.4 is 10.6 Å². The Morgan fingerprint density at radius 1 is 1.28 bits per heavy atom. The van der Waals surface area contributed by atoms with E-state index in [1.807, 2.05) is 18.4 Å². The normalized spacial score (nSPS) is 14.2. The van der Waals surface area contributed by atoms with Crippen molar-refractivity contribution in [1.82, 2.24) is 9.62 Å². The lowest BCUT2D eigenvalue weighted by atomic mass is 10.1. The molecule has 7 nitrogen and oxygen atoms in total. The predicted octanol–water partition coefficient (Wildman–Crippen LogP) is 2.31. The summed E-state index contributed by atoms with van der Waals surface area (Å²) in [6.45, 7) is 2.24. The lowest BCUT2D eigenvalue weighted by Crippen LogP contribution is -2.39. The number of anilines is 1. The van der Waals surface area contributed by atoms with Gasteiger partial charge >= 0.3 is 0 Å². The van der Waals surface area contributed by atoms with Crippen LogP contribution >= 0.6 is 11.3 Å². The zero-order chi connectivity index (χ0) is 21.0. The summed E-state index contributed by atoms with van der Waals surface area (Å²) in [7, 11) is -2.41. The van der Waals surface area contributed by atoms with E-state index in [9.17, 15) is 18.0 Å². The molecule has 0 spiro atoms. The third-order valence-corrected chi connectivity index (χ3v) is 7.80. The van der Waals surface area contributed by atoms with Crippen molar-refractivity contribution in [2.45, 2.75) is 37.5 Å². The number of rotatable bonds is 7. The molecular formula is C20H25N3O4S2. The van der Waals surface area contributed by atoms with Crippen molar-refractivity contribution in [1.29, 1.82) is 0 Å². The highest BCUT2D eigenvalue weighted by atomic mass is 32.2. The van der Waals surface area contributed by atoms with Crippen molar-refractivity contribution in [2.75, 3.05) is 25.5 Å². The lowest BCUT2D eigenvalue weighted by molar-refractivity contribution is -0.121. The minimum Gasteiger partial charge on any atom is -0.355 e. The number of aryl methyl sites for hydroxylation is 2. The minimum atomic E-state index is -3.81. The van der Waals surface area contributed by atoms with Crippen molar-refractivity contribution in [3.63, 3.8) is 0 Å². The first-order valence-electron chi connectivity index (χ1n) is 9.46. The maximum atomic E-state index is 12.9. The highest BCUT2D eigenvalue weighted by molar-refractivity contribution is 7.89. The number of thiophene rings is 1. The molecule has 2 N–H and O–H groups in total. The molecule has 2 heterocycles. The number of amides is 2. The summed E-state index contributed by atoms with van der Waals surface area (Å²) in [5.74, 6) is -0.404. The molecule has 1 aliphatic rings. The molecule has 2 amide bonds. The van der Waals surface area contributed by atoms with E-state index in [-0.39, 0.29) is 23.3 Å². The molecule has 0 aliphatic carbocycles. The molecule has 0 saturated carbocycles. The molecule has 0 atom stereocenters. The molecule has 1 aromatic heterocycles. The molecule has 29 heavy (non-hydrogen) atoms. The fourth-order valence-corrected chi connectivity index (χ4v) is 5.30. The summed E-state index contributed by atoms with van der Waals surface area (Å²) in [5.41, 5.74) is 2.64. The minimum absolute atomic E-state index is 0.0640. The van der Waals surface area contributed by atoms with Gasteiger partial charge in [-0.2, -0.15) is 4.31 Å². The van der Waals surface area contributed by atoms with E-state index in [0.717, 1.165) is 16.3 Å². The summed E-state index contributed by atoms with van der Waals surface area (Å²) in [6.07, 6.45) is 2.44. The average molecular weight is 436 g/mol. The summed E-state index contributed by atoms with van der Waals surface area (Å²) >= 11 is 1.65. The van der Waals surface area contributed by atoms with Gasteiger partial charge in [0, 0.05) is 30.6 Å². The Hall–Kier alpha value is -2.23. The standard InChI is InChI=1S/C20H25N3O4S2/c1-14-9-11-28-18(14)8-10-21-20(25)13-23(2)29(26,27)16-6-7-17-15(12-16)4-3-5-19(24)22-17/h6-7,9,11-12H,3-5,8,10,13H2,1-2H3,(H,21,25)(H,22,24). The quantitative estimate of drug-likeness (QED) is 0.698. The van der Waals surface area contributed by atoms with Crippen molar-refractivity contribution < 1.29 is 18.0 Å². The summed E-state index contributed by atoms with van der Waals surface area (Å²) in [4.78, 5) is 25.2. The molecule has 0 saturated heterocycles. The van der Waals surface area contributed by atoms with Gasteiger partial charge < -0.3 is 10.6 Å². The van der Waals surface area contributed by atoms with Gasteiger partial charge in [0.1, 0.15) is 0 Å². The SMILES string of the molecule is Cc1ccsc1CCNC(=O)CN(C)S(=O)(=O)c1ccc2c(c1)CCCC(=O)N2. The van der Waals surface area contributed by atoms with E-state index in [2.05, 4.69) is 10.6 Å². The number of benzene rings is 1. The van der Waals surface area contributed by atoms with Gasteiger partial charge in [-0.05, 0) is 67.0 Å². The van der Waals surface area contributed by atoms with E-state index >= 15 is 0 Å². The number of hydrogen-bond donors (Lipinski definition) is 2. The first-order chi connectivity index (χ1) is 13.8. The number of sulfonamides is 1. The number of nitrogens with one attached hydrogen (secondary N) is 2. The molecule has 0 bridgehead atoms. The predicted molar refractivity (Wildman–Crippen MR) is 114 cm³/mol. The van der Waals surface area contributed by atoms with Crippen LogP contribution in [0.4, 0.5) is 5.69 Å². The van der Waals surface area contributed by atoms with Gasteiger partial charge in [-0.15, -0.1) is 11.3 Å². The number of fused-ring (bicyclic) bond motifs is 1. The number of hydrogen-bond acceptors (Lipinski definition) is 5. The number of carbonyl (C=O) groups excluding carboxylic acids is 2. The van der Waals surface area contributed by atoms with Crippen LogP contribution in [0.15, 0.2) is 34.5 Å². The van der Waals surface area contributed by atoms with Gasteiger partial charge in [-0.1, -0.05) is 0 Å². The Morgan fingerprint density at radius 2 is 2.07 bits per heavy atom. The van der Waals surface area contributed by atoms with Gasteiger partial charge in [0.05, 0.1) is 11.4 Å². The van der Waals surface area contributed by atoms with Crippen LogP contribution in [0, 0.1) is 6.92 Å². The van der Waals surface area contributed by atoms with Gasteiger partial charge in [0.2, 0.25) is 21.8 Å². The van der Waals surface area contributed by atoms with Crippen LogP contribution in [0.5, 0.6) is 0 Å². The highest BCUT2D eigenvalue weighted by Crippen LogP contribution is 2.26. The van der Waals surface area contributed by atoms with Crippen molar-refractivity contribution in [2.24, 2.45) is 0 Å². The van der Waals surface area contributed by atoms with Crippen LogP contribution in [0.2, 0.25) is 0 Å². The fraction of sp³-hybridized carbons (Fsp3) is 0.400. The third-order valence-electron chi connectivity index (χ3n) is 4.92. The van der Waals surface area contributed by atoms with Gasteiger partial charge in [0.25, 0.3) is 0 Å². The summed E-state index contributed by atoms with van der Waals surface area (Å²) < 4.78 is 26.8. The second-order valence-electron chi connectivity index (χ2n) is 7.11. The second kappa shape index (κ2) is 9.06. The Labute approximate surface area is 175 Å². The maximum Gasteiger partial charge on any atom is 0.243 e. The van der Waals surface area contributed by atoms with E-state index in [0.29, 0.717) is 31.5 Å². The van der Waals surface area contributed by atoms with Crippen LogP contribution in [0.3, 0.4) is 0 Å². The summed E-state index contributed by atoms with van der Waals surface area (Å²) in [5, 5.41) is 7.58. The van der Waals surface area contributed by atoms with Crippen molar-refractivity contribution >= 4 is 38.9 Å². The molecule has 1 aliphatic heterocycles. The van der Waals surface area contributed by atoms with Gasteiger partial charge in [-0.3, -0.25) is 9.59 Å². The highest BCUT2D eigenvalue weighted by Gasteiger charge is 2.24. The van der Waals surface area contributed by atoms with E-state index in [1.165, 1.54) is 23.6 Å². The first kappa shape index (κ1) is 21.5. The Balaban J connectivity index is 1.61. The first-order valence-corrected chi connectivity index (χ1v) is 11.8. The number of carbonyl (C=O) groups is 2. The van der Waals surface area contributed by atoms with Gasteiger partial charge in [0.15, 0.2) is 0 Å². The van der Waals surface area contributed by atoms with Gasteiger partial charge in [-0.25, -0.2) is 8.42 Å². The lowest BCUT2D eigenvalue weighted by Gasteiger charge is -2.18. The molecule has 0 radical (unpaired) electrons. The van der Waals surface area contributed by atoms with Crippen LogP contribution in [-0.2, 0) is 32.5 Å². The van der Waals surface area contributed by atoms with Crippen molar-refractivity contribution in [3.8, 4) is 0 Å². The zero-order valence-electron chi connectivity index (χ0n) is 16.5. The third kappa shape index (κ3) is 5.23. The van der Waals surface area contributed by atoms with Crippen molar-refractivity contribution in [3.05, 3.63) is 45.6 Å². The van der Waals surface area contributed by atoms with E-state index in [1.54, 1.807) is 23.5 Å². The molecule has 0 unspecified atom stereocenters. The summed E-state index contributed by atoms with van der Waals surface area (Å²) in [6, 6.07) is 6.70. The molecule has 156 valence electrons. The monoisotopic (exact) mass is 435 g/mol. The smallest absolute Gasteiger partial charge is 0.243 e. The average Bonchev–Trinajstić information content (AvgIpc) is 2.97. The second-order valence-corrected chi connectivity index (χ2v) is 10.2. The van der Waals surface area contributed by atoms with Crippen LogP contribution in [0.1, 0.15) is 28.8 Å².